The highest BCUT2D eigenvalue weighted by Crippen LogP contribution is 2.28. The molecule has 0 radical (unpaired) electrons. The standard InChI is InChI=1S/C13H16ClFO4S/c1-18-9-3-2-4-10(7-9)19-13-6-5-11(8-12(13)15)20(14,16)17/h5-6,8-10H,2-4,7H2,1H3. The number of hydrogen-bond acceptors (Lipinski definition) is 4. The molecule has 1 aliphatic rings. The van der Waals surface area contributed by atoms with Crippen molar-refractivity contribution >= 4 is 19.7 Å². The van der Waals surface area contributed by atoms with E-state index in [1.807, 2.05) is 0 Å². The van der Waals surface area contributed by atoms with Gasteiger partial charge in [0.25, 0.3) is 9.05 Å². The summed E-state index contributed by atoms with van der Waals surface area (Å²) in [5.41, 5.74) is 0. The lowest BCUT2D eigenvalue weighted by molar-refractivity contribution is 0.0197. The van der Waals surface area contributed by atoms with Crippen molar-refractivity contribution in [3.05, 3.63) is 24.0 Å². The molecule has 2 atom stereocenters. The predicted molar refractivity (Wildman–Crippen MR) is 73.1 cm³/mol. The summed E-state index contributed by atoms with van der Waals surface area (Å²) < 4.78 is 46.9. The molecule has 1 aromatic rings. The summed E-state index contributed by atoms with van der Waals surface area (Å²) >= 11 is 0. The zero-order chi connectivity index (χ0) is 14.8. The van der Waals surface area contributed by atoms with E-state index in [4.69, 9.17) is 20.2 Å². The second kappa shape index (κ2) is 6.28. The Morgan fingerprint density at radius 2 is 2.00 bits per heavy atom. The highest BCUT2D eigenvalue weighted by molar-refractivity contribution is 8.13. The van der Waals surface area contributed by atoms with Crippen LogP contribution < -0.4 is 4.74 Å². The van der Waals surface area contributed by atoms with Gasteiger partial charge in [-0.2, -0.15) is 0 Å². The second-order valence-electron chi connectivity index (χ2n) is 4.79. The molecule has 2 unspecified atom stereocenters. The molecule has 0 bridgehead atoms. The number of benzene rings is 1. The molecule has 0 aromatic heterocycles. The molecule has 1 fully saturated rings. The first-order valence-corrected chi connectivity index (χ1v) is 8.64. The van der Waals surface area contributed by atoms with Crippen LogP contribution in [0, 0.1) is 5.82 Å². The number of ether oxygens (including phenoxy) is 2. The average Bonchev–Trinajstić information content (AvgIpc) is 2.40. The van der Waals surface area contributed by atoms with Gasteiger partial charge >= 0.3 is 0 Å². The van der Waals surface area contributed by atoms with Gasteiger partial charge in [-0.3, -0.25) is 0 Å². The molecule has 0 N–H and O–H groups in total. The quantitative estimate of drug-likeness (QED) is 0.799. The van der Waals surface area contributed by atoms with Crippen LogP contribution in [0.15, 0.2) is 23.1 Å². The molecule has 2 rings (SSSR count). The first kappa shape index (κ1) is 15.5. The third-order valence-corrected chi connectivity index (χ3v) is 4.74. The average molecular weight is 323 g/mol. The van der Waals surface area contributed by atoms with E-state index in [2.05, 4.69) is 0 Å². The van der Waals surface area contributed by atoms with Crippen molar-refractivity contribution in [3.8, 4) is 5.75 Å². The van der Waals surface area contributed by atoms with Crippen molar-refractivity contribution in [2.45, 2.75) is 42.8 Å². The SMILES string of the molecule is COC1CCCC(Oc2ccc(S(=O)(=O)Cl)cc2F)C1. The van der Waals surface area contributed by atoms with Crippen molar-refractivity contribution in [2.75, 3.05) is 7.11 Å². The first-order valence-electron chi connectivity index (χ1n) is 6.34. The predicted octanol–water partition coefficient (Wildman–Crippen LogP) is 3.09. The highest BCUT2D eigenvalue weighted by Gasteiger charge is 2.24. The van der Waals surface area contributed by atoms with Crippen molar-refractivity contribution in [3.63, 3.8) is 0 Å². The molecule has 0 aliphatic heterocycles. The zero-order valence-electron chi connectivity index (χ0n) is 11.0. The normalized spacial score (nSPS) is 23.6. The van der Waals surface area contributed by atoms with Crippen LogP contribution in [0.25, 0.3) is 0 Å². The Morgan fingerprint density at radius 1 is 1.30 bits per heavy atom. The number of rotatable bonds is 4. The van der Waals surface area contributed by atoms with Crippen LogP contribution in [-0.2, 0) is 13.8 Å². The Kier molecular flexibility index (Phi) is 4.88. The van der Waals surface area contributed by atoms with Gasteiger partial charge in [0.1, 0.15) is 6.10 Å². The van der Waals surface area contributed by atoms with Crippen LogP contribution in [-0.4, -0.2) is 27.7 Å². The van der Waals surface area contributed by atoms with Crippen molar-refractivity contribution in [2.24, 2.45) is 0 Å². The lowest BCUT2D eigenvalue weighted by Gasteiger charge is -2.28. The third-order valence-electron chi connectivity index (χ3n) is 3.39. The van der Waals surface area contributed by atoms with Gasteiger partial charge in [0.15, 0.2) is 11.6 Å². The van der Waals surface area contributed by atoms with Crippen molar-refractivity contribution in [1.29, 1.82) is 0 Å². The minimum atomic E-state index is -3.93. The Labute approximate surface area is 122 Å². The number of hydrogen-bond donors (Lipinski definition) is 0. The van der Waals surface area contributed by atoms with Gasteiger partial charge in [-0.15, -0.1) is 0 Å². The van der Waals surface area contributed by atoms with Crippen LogP contribution in [0.3, 0.4) is 0 Å². The summed E-state index contributed by atoms with van der Waals surface area (Å²) in [6.45, 7) is 0. The molecule has 1 aromatic carbocycles. The minimum Gasteiger partial charge on any atom is -0.487 e. The Bertz CT molecular complexity index is 576. The highest BCUT2D eigenvalue weighted by atomic mass is 35.7. The van der Waals surface area contributed by atoms with Gasteiger partial charge in [-0.25, -0.2) is 12.8 Å². The lowest BCUT2D eigenvalue weighted by atomic mass is 9.95. The molecule has 0 saturated heterocycles. The van der Waals surface area contributed by atoms with E-state index < -0.39 is 14.9 Å². The largest absolute Gasteiger partial charge is 0.487 e. The molecule has 112 valence electrons. The van der Waals surface area contributed by atoms with Gasteiger partial charge < -0.3 is 9.47 Å². The molecular weight excluding hydrogens is 307 g/mol. The maximum atomic E-state index is 13.8. The van der Waals surface area contributed by atoms with Crippen LogP contribution in [0.4, 0.5) is 4.39 Å². The fourth-order valence-electron chi connectivity index (χ4n) is 2.33. The van der Waals surface area contributed by atoms with Gasteiger partial charge in [0, 0.05) is 24.2 Å². The first-order chi connectivity index (χ1) is 9.40. The van der Waals surface area contributed by atoms with Gasteiger partial charge in [0.2, 0.25) is 0 Å². The Balaban J connectivity index is 2.10. The number of halogens is 2. The molecule has 0 spiro atoms. The Hall–Kier alpha value is -0.850. The maximum Gasteiger partial charge on any atom is 0.261 e. The van der Waals surface area contributed by atoms with E-state index in [0.717, 1.165) is 25.3 Å². The number of methoxy groups -OCH3 is 1. The topological polar surface area (TPSA) is 52.6 Å². The molecular formula is C13H16ClFO4S. The van der Waals surface area contributed by atoms with Gasteiger partial charge in [0.05, 0.1) is 11.0 Å². The molecule has 1 saturated carbocycles. The second-order valence-corrected chi connectivity index (χ2v) is 7.36. The smallest absolute Gasteiger partial charge is 0.261 e. The van der Waals surface area contributed by atoms with E-state index >= 15 is 0 Å². The van der Waals surface area contributed by atoms with Crippen LogP contribution in [0.5, 0.6) is 5.75 Å². The van der Waals surface area contributed by atoms with Crippen LogP contribution in [0.1, 0.15) is 25.7 Å². The maximum absolute atomic E-state index is 13.8. The minimum absolute atomic E-state index is 0.0378. The molecule has 7 heteroatoms. The lowest BCUT2D eigenvalue weighted by Crippen LogP contribution is -2.29. The van der Waals surface area contributed by atoms with Crippen LogP contribution in [0.2, 0.25) is 0 Å². The van der Waals surface area contributed by atoms with Gasteiger partial charge in [-0.05, 0) is 37.5 Å². The van der Waals surface area contributed by atoms with Gasteiger partial charge in [-0.1, -0.05) is 0 Å². The summed E-state index contributed by atoms with van der Waals surface area (Å²) in [6, 6.07) is 3.40. The summed E-state index contributed by atoms with van der Waals surface area (Å²) in [5, 5.41) is 0. The fraction of sp³-hybridized carbons (Fsp3) is 0.538. The summed E-state index contributed by atoms with van der Waals surface area (Å²) in [7, 11) is 2.88. The van der Waals surface area contributed by atoms with E-state index in [9.17, 15) is 12.8 Å². The van der Waals surface area contributed by atoms with E-state index in [-0.39, 0.29) is 22.9 Å². The molecule has 4 nitrogen and oxygen atoms in total. The molecule has 0 amide bonds. The third kappa shape index (κ3) is 3.84. The molecule has 20 heavy (non-hydrogen) atoms. The van der Waals surface area contributed by atoms with Crippen molar-refractivity contribution < 1.29 is 22.3 Å². The summed E-state index contributed by atoms with van der Waals surface area (Å²) in [5.74, 6) is -0.693. The zero-order valence-corrected chi connectivity index (χ0v) is 12.6. The van der Waals surface area contributed by atoms with Crippen LogP contribution >= 0.6 is 10.7 Å². The summed E-state index contributed by atoms with van der Waals surface area (Å²) in [4.78, 5) is -0.276. The van der Waals surface area contributed by atoms with E-state index in [1.54, 1.807) is 7.11 Å². The van der Waals surface area contributed by atoms with Crippen molar-refractivity contribution in [1.82, 2.24) is 0 Å². The van der Waals surface area contributed by atoms with E-state index in [0.29, 0.717) is 6.42 Å². The fourth-order valence-corrected chi connectivity index (χ4v) is 3.09. The van der Waals surface area contributed by atoms with E-state index in [1.165, 1.54) is 12.1 Å². The molecule has 1 aliphatic carbocycles. The summed E-state index contributed by atoms with van der Waals surface area (Å²) in [6.07, 6.45) is 3.46. The molecule has 0 heterocycles. The monoisotopic (exact) mass is 322 g/mol. The Morgan fingerprint density at radius 3 is 2.60 bits per heavy atom.